The Bertz CT molecular complexity index is 2140. The molecule has 10 rings (SSSR count). The SMILES string of the molecule is C[C@]12CC[C@H]3[C@]4(C=C[C@@]5(C=C4C(=O)c4ccc(-c6ccccc6)cc4)CC(O)CC[C@]35C)[C@@H]1CC[C@@]2(O)CN(CCc1cccs1)C[C@@H](O)COCc1ccccc1. The maximum Gasteiger partial charge on any atom is 0.189 e. The highest BCUT2D eigenvalue weighted by atomic mass is 32.1. The molecule has 7 heteroatoms. The van der Waals surface area contributed by atoms with Gasteiger partial charge in [-0.3, -0.25) is 9.69 Å². The molecule has 9 atom stereocenters. The van der Waals surface area contributed by atoms with Crippen LogP contribution >= 0.6 is 11.3 Å². The van der Waals surface area contributed by atoms with Gasteiger partial charge in [0.05, 0.1) is 31.0 Å². The molecular formula is C51H59NO5S. The predicted molar refractivity (Wildman–Crippen MR) is 231 cm³/mol. The largest absolute Gasteiger partial charge is 0.393 e. The summed E-state index contributed by atoms with van der Waals surface area (Å²) in [6.45, 7) is 6.98. The second-order valence-electron chi connectivity index (χ2n) is 18.8. The van der Waals surface area contributed by atoms with Crippen molar-refractivity contribution >= 4 is 17.1 Å². The van der Waals surface area contributed by atoms with Gasteiger partial charge >= 0.3 is 0 Å². The van der Waals surface area contributed by atoms with Gasteiger partial charge in [0.2, 0.25) is 0 Å². The summed E-state index contributed by atoms with van der Waals surface area (Å²) >= 11 is 1.74. The lowest BCUT2D eigenvalue weighted by Gasteiger charge is -2.71. The monoisotopic (exact) mass is 797 g/mol. The molecule has 304 valence electrons. The minimum atomic E-state index is -1.02. The fourth-order valence-corrected chi connectivity index (χ4v) is 13.5. The number of carbonyl (C=O) groups excluding carboxylic acids is 1. The number of nitrogens with zero attached hydrogens (tertiary/aromatic N) is 1. The van der Waals surface area contributed by atoms with Gasteiger partial charge in [0.1, 0.15) is 0 Å². The van der Waals surface area contributed by atoms with Gasteiger partial charge in [0.15, 0.2) is 5.78 Å². The van der Waals surface area contributed by atoms with Gasteiger partial charge in [-0.15, -0.1) is 11.3 Å². The van der Waals surface area contributed by atoms with Crippen molar-refractivity contribution in [1.82, 2.24) is 4.90 Å². The van der Waals surface area contributed by atoms with E-state index in [-0.39, 0.29) is 35.1 Å². The Morgan fingerprint density at radius 3 is 2.28 bits per heavy atom. The van der Waals surface area contributed by atoms with E-state index in [1.165, 1.54) is 4.88 Å². The summed E-state index contributed by atoms with van der Waals surface area (Å²) in [7, 11) is 0. The van der Waals surface area contributed by atoms with E-state index in [0.29, 0.717) is 38.1 Å². The van der Waals surface area contributed by atoms with Crippen molar-refractivity contribution in [2.75, 3.05) is 26.2 Å². The quantitative estimate of drug-likeness (QED) is 0.0871. The predicted octanol–water partition coefficient (Wildman–Crippen LogP) is 9.31. The molecule has 2 bridgehead atoms. The summed E-state index contributed by atoms with van der Waals surface area (Å²) in [6, 6.07) is 32.7. The van der Waals surface area contributed by atoms with E-state index in [1.807, 2.05) is 60.7 Å². The van der Waals surface area contributed by atoms with Crippen molar-refractivity contribution in [3.8, 4) is 11.1 Å². The Morgan fingerprint density at radius 2 is 1.53 bits per heavy atom. The second kappa shape index (κ2) is 15.4. The van der Waals surface area contributed by atoms with Crippen LogP contribution in [0.15, 0.2) is 126 Å². The smallest absolute Gasteiger partial charge is 0.189 e. The molecule has 4 aromatic rings. The van der Waals surface area contributed by atoms with Crippen molar-refractivity contribution in [1.29, 1.82) is 0 Å². The third kappa shape index (κ3) is 6.61. The molecule has 1 aromatic heterocycles. The number of aliphatic hydroxyl groups excluding tert-OH is 2. The van der Waals surface area contributed by atoms with Crippen molar-refractivity contribution in [2.45, 2.75) is 89.6 Å². The zero-order valence-corrected chi connectivity index (χ0v) is 34.9. The average Bonchev–Trinajstić information content (AvgIpc) is 3.86. The fraction of sp³-hybridized carbons (Fsp3) is 0.471. The summed E-state index contributed by atoms with van der Waals surface area (Å²) in [5, 5.41) is 37.8. The van der Waals surface area contributed by atoms with Crippen LogP contribution in [0.25, 0.3) is 11.1 Å². The number of hydrogen-bond donors (Lipinski definition) is 3. The Balaban J connectivity index is 1.02. The summed E-state index contributed by atoms with van der Waals surface area (Å²) in [4.78, 5) is 18.8. The lowest BCUT2D eigenvalue weighted by atomic mass is 9.32. The highest BCUT2D eigenvalue weighted by Gasteiger charge is 2.74. The van der Waals surface area contributed by atoms with Gasteiger partial charge in [-0.2, -0.15) is 0 Å². The van der Waals surface area contributed by atoms with Gasteiger partial charge in [0.25, 0.3) is 0 Å². The maximum atomic E-state index is 15.2. The van der Waals surface area contributed by atoms with Gasteiger partial charge < -0.3 is 20.1 Å². The average molecular weight is 798 g/mol. The van der Waals surface area contributed by atoms with Gasteiger partial charge in [0, 0.05) is 51.9 Å². The Hall–Kier alpha value is -3.69. The number of fused-ring (bicyclic) bond motifs is 1. The Kier molecular flexibility index (Phi) is 10.6. The molecule has 3 aromatic carbocycles. The van der Waals surface area contributed by atoms with Crippen LogP contribution in [-0.2, 0) is 17.8 Å². The number of rotatable bonds is 14. The van der Waals surface area contributed by atoms with Gasteiger partial charge in [-0.1, -0.05) is 123 Å². The molecule has 6 aliphatic rings. The van der Waals surface area contributed by atoms with E-state index in [9.17, 15) is 15.3 Å². The number of Topliss-reactive ketones (excluding diaryl/α,β-unsaturated/α-hetero) is 1. The first-order valence-electron chi connectivity index (χ1n) is 21.6. The number of benzene rings is 3. The number of hydrogen-bond acceptors (Lipinski definition) is 7. The van der Waals surface area contributed by atoms with Crippen molar-refractivity contribution in [3.63, 3.8) is 0 Å². The number of ether oxygens (including phenoxy) is 1. The molecule has 3 fully saturated rings. The van der Waals surface area contributed by atoms with E-state index in [2.05, 4.69) is 78.8 Å². The molecule has 1 unspecified atom stereocenters. The Morgan fingerprint density at radius 1 is 0.845 bits per heavy atom. The molecule has 6 nitrogen and oxygen atoms in total. The van der Waals surface area contributed by atoms with E-state index in [1.54, 1.807) is 11.3 Å². The fourth-order valence-electron chi connectivity index (χ4n) is 12.8. The van der Waals surface area contributed by atoms with Crippen molar-refractivity contribution in [2.24, 2.45) is 33.5 Å². The van der Waals surface area contributed by atoms with Crippen LogP contribution < -0.4 is 0 Å². The molecule has 3 N–H and O–H groups in total. The highest BCUT2D eigenvalue weighted by molar-refractivity contribution is 7.09. The van der Waals surface area contributed by atoms with E-state index in [0.717, 1.165) is 67.3 Å². The lowest BCUT2D eigenvalue weighted by Crippen LogP contribution is -2.67. The minimum Gasteiger partial charge on any atom is -0.393 e. The zero-order chi connectivity index (χ0) is 40.2. The molecule has 3 saturated carbocycles. The van der Waals surface area contributed by atoms with E-state index >= 15 is 4.79 Å². The first-order chi connectivity index (χ1) is 28.0. The molecule has 58 heavy (non-hydrogen) atoms. The summed E-state index contributed by atoms with van der Waals surface area (Å²) in [5.74, 6) is 0.356. The summed E-state index contributed by atoms with van der Waals surface area (Å²) < 4.78 is 5.98. The topological polar surface area (TPSA) is 90.2 Å². The number of aliphatic hydroxyl groups is 3. The van der Waals surface area contributed by atoms with Crippen LogP contribution in [-0.4, -0.2) is 70.1 Å². The zero-order valence-electron chi connectivity index (χ0n) is 34.1. The maximum absolute atomic E-state index is 15.2. The number of carbonyl (C=O) groups is 1. The number of thiophene rings is 1. The first-order valence-corrected chi connectivity index (χ1v) is 22.5. The molecule has 2 spiro atoms. The second-order valence-corrected chi connectivity index (χ2v) is 19.8. The molecule has 0 radical (unpaired) electrons. The highest BCUT2D eigenvalue weighted by Crippen LogP contribution is 2.78. The van der Waals surface area contributed by atoms with Crippen LogP contribution in [0.5, 0.6) is 0 Å². The standard InChI is InChI=1S/C51H59NO5S/c1-47-23-19-40(53)30-49(47)26-27-51(43(31-49)46(55)39-17-15-38(16-18-39)37-12-7-4-8-13-37)44(47)20-24-48(2)45(51)21-25-50(48,56)35-52(28-22-42-14-9-29-58-42)32-41(54)34-57-33-36-10-5-3-6-11-36/h3-18,26-27,29,31,40-41,44-45,53-54,56H,19-25,28,30,32-35H2,1-2H3/t40?,41-,44-,45-,47-,48+,49+,50-,51-/m1/s1. The van der Waals surface area contributed by atoms with Crippen LogP contribution in [0.2, 0.25) is 0 Å². The number of allylic oxidation sites excluding steroid dienone is 4. The third-order valence-corrected chi connectivity index (χ3v) is 16.8. The van der Waals surface area contributed by atoms with Crippen LogP contribution in [0.4, 0.5) is 0 Å². The van der Waals surface area contributed by atoms with E-state index in [4.69, 9.17) is 4.74 Å². The minimum absolute atomic E-state index is 0.0547. The third-order valence-electron chi connectivity index (χ3n) is 15.8. The first kappa shape index (κ1) is 39.8. The molecule has 1 heterocycles. The molecule has 0 amide bonds. The molecule has 6 aliphatic carbocycles. The molecule has 0 saturated heterocycles. The van der Waals surface area contributed by atoms with Gasteiger partial charge in [-0.25, -0.2) is 0 Å². The van der Waals surface area contributed by atoms with E-state index < -0.39 is 28.6 Å². The van der Waals surface area contributed by atoms with Crippen molar-refractivity contribution in [3.05, 3.63) is 142 Å². The van der Waals surface area contributed by atoms with Crippen LogP contribution in [0, 0.1) is 33.5 Å². The Labute approximate surface area is 348 Å². The normalized spacial score (nSPS) is 34.0. The number of ketones is 1. The van der Waals surface area contributed by atoms with Crippen molar-refractivity contribution < 1.29 is 24.9 Å². The van der Waals surface area contributed by atoms with Crippen LogP contribution in [0.1, 0.15) is 79.6 Å². The summed E-state index contributed by atoms with van der Waals surface area (Å²) in [6.07, 6.45) is 12.4. The molecule has 0 aliphatic heterocycles. The summed E-state index contributed by atoms with van der Waals surface area (Å²) in [5.41, 5.74) is 2.34. The molecular weight excluding hydrogens is 739 g/mol. The lowest BCUT2D eigenvalue weighted by molar-refractivity contribution is -0.177. The van der Waals surface area contributed by atoms with Crippen LogP contribution in [0.3, 0.4) is 0 Å². The van der Waals surface area contributed by atoms with Gasteiger partial charge in [-0.05, 0) is 96.8 Å².